The zero-order valence-corrected chi connectivity index (χ0v) is 9.75. The fraction of sp³-hybridized carbons (Fsp3) is 0.364. The van der Waals surface area contributed by atoms with Crippen LogP contribution in [0.3, 0.4) is 0 Å². The normalized spacial score (nSPS) is 15.4. The summed E-state index contributed by atoms with van der Waals surface area (Å²) < 4.78 is 12.9. The Bertz CT molecular complexity index is 431. The molecule has 0 unspecified atom stereocenters. The van der Waals surface area contributed by atoms with E-state index in [1.165, 1.54) is 11.1 Å². The highest BCUT2D eigenvalue weighted by molar-refractivity contribution is 5.80. The van der Waals surface area contributed by atoms with Crippen molar-refractivity contribution in [3.05, 3.63) is 23.3 Å². The van der Waals surface area contributed by atoms with Crippen LogP contribution in [0.2, 0.25) is 0 Å². The maximum Gasteiger partial charge on any atom is 0.231 e. The molecule has 0 bridgehead atoms. The average Bonchev–Trinajstić information content (AvgIpc) is 2.61. The number of benzene rings is 1. The number of rotatable bonds is 0. The highest BCUT2D eigenvalue weighted by atomic mass is 35.5. The van der Waals surface area contributed by atoms with E-state index in [0.717, 1.165) is 24.5 Å². The van der Waals surface area contributed by atoms with Crippen molar-refractivity contribution in [2.45, 2.75) is 6.42 Å². The summed E-state index contributed by atoms with van der Waals surface area (Å²) in [6.07, 6.45) is 3.24. The lowest BCUT2D eigenvalue weighted by Crippen LogP contribution is -3.00. The molecule has 0 spiro atoms. The summed E-state index contributed by atoms with van der Waals surface area (Å²) in [7, 11) is 2.09. The van der Waals surface area contributed by atoms with E-state index in [0.29, 0.717) is 6.79 Å². The lowest BCUT2D eigenvalue weighted by molar-refractivity contribution is -0.493. The molecule has 2 heterocycles. The van der Waals surface area contributed by atoms with Gasteiger partial charge in [-0.1, -0.05) is 0 Å². The van der Waals surface area contributed by atoms with Crippen LogP contribution >= 0.6 is 0 Å². The Morgan fingerprint density at radius 1 is 1.19 bits per heavy atom. The molecule has 0 amide bonds. The standard InChI is InChI=1S/C11H12NO2.ClH.H2O/c1-12-3-2-8-4-10-11(14-7-13-10)5-9(8)6-12;;/h4-6H,2-3,7H2,1H3;1H;1H2/q+1;;/p-1. The third kappa shape index (κ3) is 1.99. The van der Waals surface area contributed by atoms with Gasteiger partial charge in [-0.3, -0.25) is 0 Å². The maximum absolute atomic E-state index is 5.34. The first-order valence-electron chi connectivity index (χ1n) is 4.80. The minimum Gasteiger partial charge on any atom is -1.00 e. The number of ether oxygens (including phenoxy) is 2. The molecular formula is C11H14ClNO3. The van der Waals surface area contributed by atoms with Crippen LogP contribution in [-0.4, -0.2) is 36.7 Å². The molecule has 88 valence electrons. The Kier molecular flexibility index (Phi) is 3.78. The van der Waals surface area contributed by atoms with E-state index in [1.807, 2.05) is 0 Å². The minimum absolute atomic E-state index is 0. The topological polar surface area (TPSA) is 53.0 Å². The molecule has 0 aliphatic carbocycles. The molecule has 0 aromatic heterocycles. The molecular weight excluding hydrogens is 230 g/mol. The number of hydrogen-bond acceptors (Lipinski definition) is 2. The molecule has 3 rings (SSSR count). The Morgan fingerprint density at radius 3 is 2.62 bits per heavy atom. The van der Waals surface area contributed by atoms with Gasteiger partial charge in [0.15, 0.2) is 17.7 Å². The van der Waals surface area contributed by atoms with Crippen LogP contribution in [0.15, 0.2) is 12.1 Å². The Morgan fingerprint density at radius 2 is 1.88 bits per heavy atom. The highest BCUT2D eigenvalue weighted by Crippen LogP contribution is 2.35. The predicted molar refractivity (Wildman–Crippen MR) is 56.1 cm³/mol. The van der Waals surface area contributed by atoms with Gasteiger partial charge in [-0.25, -0.2) is 4.58 Å². The number of hydrogen-bond donors (Lipinski definition) is 0. The SMILES string of the molecule is C[N+]1=Cc2cc3c(cc2CC1)OCO3.O.[Cl-]. The average molecular weight is 244 g/mol. The lowest BCUT2D eigenvalue weighted by Gasteiger charge is -2.10. The minimum atomic E-state index is 0. The Hall–Kier alpha value is -1.26. The zero-order chi connectivity index (χ0) is 9.54. The molecule has 0 saturated carbocycles. The second-order valence-corrected chi connectivity index (χ2v) is 3.76. The summed E-state index contributed by atoms with van der Waals surface area (Å²) in [5, 5.41) is 0. The molecule has 0 radical (unpaired) electrons. The largest absolute Gasteiger partial charge is 1.00 e. The quantitative estimate of drug-likeness (QED) is 0.463. The number of likely N-dealkylation sites (N-methyl/N-ethyl adjacent to an activating group) is 1. The van der Waals surface area contributed by atoms with E-state index < -0.39 is 0 Å². The number of halogens is 1. The smallest absolute Gasteiger partial charge is 0.231 e. The summed E-state index contributed by atoms with van der Waals surface area (Å²) in [5.74, 6) is 1.76. The summed E-state index contributed by atoms with van der Waals surface area (Å²) in [6, 6.07) is 4.16. The van der Waals surface area contributed by atoms with Gasteiger partial charge in [-0.15, -0.1) is 0 Å². The number of nitrogens with zero attached hydrogens (tertiary/aromatic N) is 1. The van der Waals surface area contributed by atoms with Gasteiger partial charge in [-0.2, -0.15) is 0 Å². The van der Waals surface area contributed by atoms with Crippen LogP contribution in [0.4, 0.5) is 0 Å². The third-order valence-corrected chi connectivity index (χ3v) is 2.73. The van der Waals surface area contributed by atoms with Crippen molar-refractivity contribution in [2.24, 2.45) is 0 Å². The van der Waals surface area contributed by atoms with Crippen LogP contribution < -0.4 is 21.9 Å². The fourth-order valence-corrected chi connectivity index (χ4v) is 1.94. The molecule has 4 nitrogen and oxygen atoms in total. The van der Waals surface area contributed by atoms with Gasteiger partial charge in [0.25, 0.3) is 0 Å². The fourth-order valence-electron chi connectivity index (χ4n) is 1.94. The molecule has 2 N–H and O–H groups in total. The maximum atomic E-state index is 5.34. The van der Waals surface area contributed by atoms with Crippen molar-refractivity contribution in [2.75, 3.05) is 20.4 Å². The molecule has 16 heavy (non-hydrogen) atoms. The van der Waals surface area contributed by atoms with Crippen LogP contribution in [0, 0.1) is 0 Å². The van der Waals surface area contributed by atoms with Gasteiger partial charge in [0.2, 0.25) is 6.79 Å². The monoisotopic (exact) mass is 243 g/mol. The molecule has 1 aromatic rings. The summed E-state index contributed by atoms with van der Waals surface area (Å²) in [5.41, 5.74) is 2.61. The van der Waals surface area contributed by atoms with Crippen molar-refractivity contribution in [3.8, 4) is 11.5 Å². The van der Waals surface area contributed by atoms with Crippen LogP contribution in [0.5, 0.6) is 11.5 Å². The van der Waals surface area contributed by atoms with Crippen LogP contribution in [0.25, 0.3) is 0 Å². The van der Waals surface area contributed by atoms with Crippen molar-refractivity contribution in [1.82, 2.24) is 0 Å². The van der Waals surface area contributed by atoms with E-state index in [4.69, 9.17) is 9.47 Å². The summed E-state index contributed by atoms with van der Waals surface area (Å²) in [4.78, 5) is 0. The summed E-state index contributed by atoms with van der Waals surface area (Å²) >= 11 is 0. The Labute approximate surface area is 100 Å². The van der Waals surface area contributed by atoms with Gasteiger partial charge in [0, 0.05) is 12.0 Å². The molecule has 0 saturated heterocycles. The molecule has 0 atom stereocenters. The second-order valence-electron chi connectivity index (χ2n) is 3.76. The molecule has 2 aliphatic heterocycles. The predicted octanol–water partition coefficient (Wildman–Crippen LogP) is -2.79. The van der Waals surface area contributed by atoms with E-state index >= 15 is 0 Å². The van der Waals surface area contributed by atoms with Crippen LogP contribution in [-0.2, 0) is 6.42 Å². The van der Waals surface area contributed by atoms with Gasteiger partial charge < -0.3 is 27.4 Å². The van der Waals surface area contributed by atoms with E-state index in [9.17, 15) is 0 Å². The number of fused-ring (bicyclic) bond motifs is 2. The van der Waals surface area contributed by atoms with Gasteiger partial charge in [-0.05, 0) is 17.7 Å². The Balaban J connectivity index is 0.000000640. The summed E-state index contributed by atoms with van der Waals surface area (Å²) in [6.45, 7) is 1.43. The first-order valence-corrected chi connectivity index (χ1v) is 4.80. The van der Waals surface area contributed by atoms with Crippen LogP contribution in [0.1, 0.15) is 11.1 Å². The van der Waals surface area contributed by atoms with Crippen molar-refractivity contribution in [3.63, 3.8) is 0 Å². The zero-order valence-electron chi connectivity index (χ0n) is 9.00. The molecule has 5 heteroatoms. The highest BCUT2D eigenvalue weighted by Gasteiger charge is 2.20. The van der Waals surface area contributed by atoms with Crippen molar-refractivity contribution < 1.29 is 31.9 Å². The lowest BCUT2D eigenvalue weighted by atomic mass is 10.0. The first-order chi connectivity index (χ1) is 6.83. The third-order valence-electron chi connectivity index (χ3n) is 2.73. The second kappa shape index (κ2) is 4.72. The van der Waals surface area contributed by atoms with E-state index in [-0.39, 0.29) is 17.9 Å². The van der Waals surface area contributed by atoms with Gasteiger partial charge in [0.1, 0.15) is 13.6 Å². The molecule has 1 aromatic carbocycles. The van der Waals surface area contributed by atoms with E-state index in [2.05, 4.69) is 30.0 Å². The van der Waals surface area contributed by atoms with E-state index in [1.54, 1.807) is 0 Å². The van der Waals surface area contributed by atoms with Gasteiger partial charge >= 0.3 is 0 Å². The van der Waals surface area contributed by atoms with Crippen molar-refractivity contribution >= 4 is 6.21 Å². The molecule has 0 fully saturated rings. The first kappa shape index (κ1) is 12.8. The molecule has 2 aliphatic rings. The van der Waals surface area contributed by atoms with Crippen molar-refractivity contribution in [1.29, 1.82) is 0 Å². The van der Waals surface area contributed by atoms with Gasteiger partial charge in [0.05, 0.1) is 0 Å².